The lowest BCUT2D eigenvalue weighted by atomic mass is 10.1. The first-order chi connectivity index (χ1) is 17.7. The third kappa shape index (κ3) is 7.11. The van der Waals surface area contributed by atoms with Crippen LogP contribution in [0, 0.1) is 0 Å². The monoisotopic (exact) mass is 495 g/mol. The van der Waals surface area contributed by atoms with Gasteiger partial charge >= 0.3 is 0 Å². The van der Waals surface area contributed by atoms with E-state index in [1.807, 2.05) is 30.3 Å². The summed E-state index contributed by atoms with van der Waals surface area (Å²) in [5.74, 6) is 1.44. The summed E-state index contributed by atoms with van der Waals surface area (Å²) in [4.78, 5) is 12.5. The number of rotatable bonds is 4. The maximum absolute atomic E-state index is 12.5. The number of amides is 1. The second kappa shape index (κ2) is 13.3. The molecule has 1 amide bonds. The average Bonchev–Trinajstić information content (AvgIpc) is 2.92. The number of para-hydroxylation sites is 4. The van der Waals surface area contributed by atoms with Crippen LogP contribution in [0.4, 0.5) is 0 Å². The third-order valence-electron chi connectivity index (χ3n) is 5.30. The zero-order valence-electron chi connectivity index (χ0n) is 19.7. The van der Waals surface area contributed by atoms with Crippen molar-refractivity contribution in [2.24, 2.45) is 0 Å². The van der Waals surface area contributed by atoms with Crippen LogP contribution >= 0.6 is 0 Å². The zero-order valence-corrected chi connectivity index (χ0v) is 19.7. The number of hydrogen-bond acceptors (Lipinski definition) is 8. The Balaban J connectivity index is 1.58. The van der Waals surface area contributed by atoms with Gasteiger partial charge in [-0.1, -0.05) is 54.6 Å². The first kappa shape index (κ1) is 25.3. The Kier molecular flexibility index (Phi) is 9.38. The fourth-order valence-corrected chi connectivity index (χ4v) is 3.56. The number of nitrogens with one attached hydrogen (secondary N) is 1. The minimum absolute atomic E-state index is 0.0436. The van der Waals surface area contributed by atoms with Crippen LogP contribution in [0.15, 0.2) is 78.9 Å². The minimum atomic E-state index is -1.09. The van der Waals surface area contributed by atoms with Gasteiger partial charge in [-0.2, -0.15) is 0 Å². The normalized spacial score (nSPS) is 16.0. The van der Waals surface area contributed by atoms with Gasteiger partial charge in [-0.25, -0.2) is 5.48 Å². The molecule has 0 spiro atoms. The van der Waals surface area contributed by atoms with Gasteiger partial charge in [0.05, 0.1) is 13.2 Å². The molecule has 1 aliphatic heterocycles. The molecular weight excluding hydrogens is 466 g/mol. The van der Waals surface area contributed by atoms with Gasteiger partial charge in [0.2, 0.25) is 0 Å². The highest BCUT2D eigenvalue weighted by Gasteiger charge is 2.27. The molecule has 2 N–H and O–H groups in total. The van der Waals surface area contributed by atoms with Gasteiger partial charge in [-0.05, 0) is 29.8 Å². The molecule has 0 aliphatic carbocycles. The van der Waals surface area contributed by atoms with E-state index in [2.05, 4.69) is 0 Å². The first-order valence-corrected chi connectivity index (χ1v) is 11.7. The van der Waals surface area contributed by atoms with Crippen LogP contribution < -0.4 is 24.4 Å². The van der Waals surface area contributed by atoms with E-state index < -0.39 is 18.1 Å². The van der Waals surface area contributed by atoms with Crippen LogP contribution in [-0.2, 0) is 14.3 Å². The van der Waals surface area contributed by atoms with Gasteiger partial charge in [-0.15, -0.1) is 0 Å². The van der Waals surface area contributed by atoms with Crippen LogP contribution in [0.25, 0.3) is 0 Å². The summed E-state index contributed by atoms with van der Waals surface area (Å²) in [7, 11) is 0. The van der Waals surface area contributed by atoms with Crippen molar-refractivity contribution in [3.63, 3.8) is 0 Å². The number of hydrogen-bond donors (Lipinski definition) is 2. The Morgan fingerprint density at radius 2 is 1.19 bits per heavy atom. The Morgan fingerprint density at radius 1 is 0.722 bits per heavy atom. The smallest absolute Gasteiger partial charge is 0.277 e. The van der Waals surface area contributed by atoms with Crippen molar-refractivity contribution in [1.29, 1.82) is 0 Å². The van der Waals surface area contributed by atoms with Crippen molar-refractivity contribution < 1.29 is 38.4 Å². The molecule has 9 heteroatoms. The van der Waals surface area contributed by atoms with E-state index in [0.717, 1.165) is 0 Å². The maximum atomic E-state index is 12.5. The summed E-state index contributed by atoms with van der Waals surface area (Å²) >= 11 is 0. The number of carbonyl (C=O) groups is 1. The Labute approximate surface area is 209 Å². The lowest BCUT2D eigenvalue weighted by molar-refractivity contribution is -0.148. The molecule has 1 atom stereocenters. The summed E-state index contributed by atoms with van der Waals surface area (Å²) in [5.41, 5.74) is 2.26. The Bertz CT molecular complexity index is 1040. The lowest BCUT2D eigenvalue weighted by Crippen LogP contribution is -2.36. The van der Waals surface area contributed by atoms with E-state index in [4.69, 9.17) is 28.4 Å². The van der Waals surface area contributed by atoms with Crippen LogP contribution in [0.3, 0.4) is 0 Å². The van der Waals surface area contributed by atoms with Gasteiger partial charge in [0.15, 0.2) is 29.1 Å². The highest BCUT2D eigenvalue weighted by atomic mass is 16.6. The maximum Gasteiger partial charge on any atom is 0.277 e. The molecule has 1 unspecified atom stereocenters. The van der Waals surface area contributed by atoms with Crippen molar-refractivity contribution in [3.05, 3.63) is 84.4 Å². The summed E-state index contributed by atoms with van der Waals surface area (Å²) in [5, 5.41) is 9.33. The van der Waals surface area contributed by atoms with Gasteiger partial charge in [0, 0.05) is 0 Å². The highest BCUT2D eigenvalue weighted by Crippen LogP contribution is 2.29. The zero-order chi connectivity index (χ0) is 25.0. The molecular formula is C27H29NO8. The van der Waals surface area contributed by atoms with Crippen molar-refractivity contribution in [2.75, 3.05) is 39.6 Å². The fourth-order valence-electron chi connectivity index (χ4n) is 3.56. The molecule has 0 aromatic heterocycles. The minimum Gasteiger partial charge on any atom is -0.487 e. The van der Waals surface area contributed by atoms with Crippen LogP contribution in [-0.4, -0.2) is 56.9 Å². The standard InChI is InChI=1S/C27H29NO8/c29-27(28-30)26(20-8-2-1-3-9-20)36-21-18-34-24-12-6-4-10-22(24)32-16-14-31-15-17-33-23-11-5-7-13-25(23)35-19-21/h1-13,21,26,30H,14-19H2,(H,28,29). The summed E-state index contributed by atoms with van der Waals surface area (Å²) in [6.45, 7) is 1.54. The molecule has 9 nitrogen and oxygen atoms in total. The van der Waals surface area contributed by atoms with E-state index in [9.17, 15) is 10.0 Å². The summed E-state index contributed by atoms with van der Waals surface area (Å²) < 4.78 is 35.5. The van der Waals surface area contributed by atoms with Crippen molar-refractivity contribution in [2.45, 2.75) is 12.2 Å². The van der Waals surface area contributed by atoms with Crippen LogP contribution in [0.5, 0.6) is 23.0 Å². The number of hydroxylamine groups is 1. The first-order valence-electron chi connectivity index (χ1n) is 11.7. The van der Waals surface area contributed by atoms with Gasteiger partial charge in [0.1, 0.15) is 32.5 Å². The van der Waals surface area contributed by atoms with Crippen LogP contribution in [0.2, 0.25) is 0 Å². The van der Waals surface area contributed by atoms with E-state index >= 15 is 0 Å². The summed E-state index contributed by atoms with van der Waals surface area (Å²) in [6, 6.07) is 23.4. The van der Waals surface area contributed by atoms with Crippen molar-refractivity contribution in [1.82, 2.24) is 5.48 Å². The molecule has 0 fully saturated rings. The molecule has 190 valence electrons. The van der Waals surface area contributed by atoms with E-state index in [-0.39, 0.29) is 13.2 Å². The molecule has 1 aliphatic rings. The topological polar surface area (TPSA) is 105 Å². The molecule has 3 aromatic rings. The number of carbonyl (C=O) groups excluding carboxylic acids is 1. The highest BCUT2D eigenvalue weighted by molar-refractivity contribution is 5.81. The molecule has 0 bridgehead atoms. The average molecular weight is 496 g/mol. The van der Waals surface area contributed by atoms with E-state index in [1.165, 1.54) is 0 Å². The largest absolute Gasteiger partial charge is 0.487 e. The summed E-state index contributed by atoms with van der Waals surface area (Å²) in [6.07, 6.45) is -1.79. The molecule has 4 rings (SSSR count). The molecule has 0 radical (unpaired) electrons. The number of fused-ring (bicyclic) bond motifs is 2. The predicted octanol–water partition coefficient (Wildman–Crippen LogP) is 3.56. The Hall–Kier alpha value is -3.79. The van der Waals surface area contributed by atoms with Crippen molar-refractivity contribution >= 4 is 5.91 Å². The van der Waals surface area contributed by atoms with Crippen LogP contribution in [0.1, 0.15) is 11.7 Å². The fraction of sp³-hybridized carbons (Fsp3) is 0.296. The molecule has 3 aromatic carbocycles. The number of ether oxygens (including phenoxy) is 6. The van der Waals surface area contributed by atoms with Gasteiger partial charge in [0.25, 0.3) is 5.91 Å². The second-order valence-electron chi connectivity index (χ2n) is 7.85. The molecule has 36 heavy (non-hydrogen) atoms. The molecule has 0 saturated carbocycles. The Morgan fingerprint density at radius 3 is 1.69 bits per heavy atom. The lowest BCUT2D eigenvalue weighted by Gasteiger charge is -2.25. The number of benzene rings is 3. The molecule has 0 saturated heterocycles. The van der Waals surface area contributed by atoms with Gasteiger partial charge < -0.3 is 28.4 Å². The van der Waals surface area contributed by atoms with E-state index in [1.54, 1.807) is 54.0 Å². The second-order valence-corrected chi connectivity index (χ2v) is 7.85. The SMILES string of the molecule is O=C(NO)C(OC1COc2ccccc2OCCOCCOc2ccccc2OC1)c1ccccc1. The molecule has 1 heterocycles. The third-order valence-corrected chi connectivity index (χ3v) is 5.30. The van der Waals surface area contributed by atoms with Gasteiger partial charge in [-0.3, -0.25) is 10.0 Å². The van der Waals surface area contributed by atoms with E-state index in [0.29, 0.717) is 55.0 Å². The predicted molar refractivity (Wildman–Crippen MR) is 130 cm³/mol. The van der Waals surface area contributed by atoms with Crippen molar-refractivity contribution in [3.8, 4) is 23.0 Å². The quantitative estimate of drug-likeness (QED) is 0.418.